The Hall–Kier alpha value is -2.27. The standard InChI is InChI=1S/C23H27ClN4O/c1-15(29)27-13-23(14-27)8-19(9-23)26-18-7-20(11-25-10-18)28-12-16-4-5-17(24)6-21(16)22(28,2)3/h4-7,10-11,19,26H,8-9,12-14H2,1-3H3. The number of nitrogens with one attached hydrogen (secondary N) is 1. The first-order chi connectivity index (χ1) is 13.8. The van der Waals surface area contributed by atoms with E-state index in [1.165, 1.54) is 11.1 Å². The number of anilines is 2. The van der Waals surface area contributed by atoms with Gasteiger partial charge in [0.25, 0.3) is 0 Å². The van der Waals surface area contributed by atoms with E-state index in [0.717, 1.165) is 48.9 Å². The summed E-state index contributed by atoms with van der Waals surface area (Å²) in [4.78, 5) is 20.3. The highest BCUT2D eigenvalue weighted by Crippen LogP contribution is 2.49. The van der Waals surface area contributed by atoms with Gasteiger partial charge in [-0.3, -0.25) is 9.78 Å². The van der Waals surface area contributed by atoms with Crippen molar-refractivity contribution in [1.29, 1.82) is 0 Å². The van der Waals surface area contributed by atoms with Crippen LogP contribution in [0.3, 0.4) is 0 Å². The third-order valence-corrected chi connectivity index (χ3v) is 7.23. The molecule has 2 aliphatic heterocycles. The number of halogens is 1. The number of rotatable bonds is 3. The van der Waals surface area contributed by atoms with E-state index >= 15 is 0 Å². The molecular weight excluding hydrogens is 384 g/mol. The second-order valence-electron chi connectivity index (χ2n) is 9.50. The molecule has 0 radical (unpaired) electrons. The molecule has 5 nitrogen and oxygen atoms in total. The molecule has 0 bridgehead atoms. The second kappa shape index (κ2) is 6.36. The number of hydrogen-bond acceptors (Lipinski definition) is 4. The summed E-state index contributed by atoms with van der Waals surface area (Å²) in [5.74, 6) is 0.194. The molecule has 3 aliphatic rings. The maximum absolute atomic E-state index is 11.4. The van der Waals surface area contributed by atoms with Crippen LogP contribution in [0.15, 0.2) is 36.7 Å². The number of nitrogens with zero attached hydrogens (tertiary/aromatic N) is 3. The Balaban J connectivity index is 1.28. The minimum absolute atomic E-state index is 0.136. The first kappa shape index (κ1) is 18.7. The van der Waals surface area contributed by atoms with Crippen molar-refractivity contribution in [2.45, 2.75) is 51.7 Å². The molecule has 152 valence electrons. The fourth-order valence-corrected chi connectivity index (χ4v) is 5.58. The maximum Gasteiger partial charge on any atom is 0.219 e. The van der Waals surface area contributed by atoms with E-state index in [9.17, 15) is 4.79 Å². The van der Waals surface area contributed by atoms with E-state index in [-0.39, 0.29) is 11.4 Å². The van der Waals surface area contributed by atoms with Gasteiger partial charge < -0.3 is 15.1 Å². The van der Waals surface area contributed by atoms with Gasteiger partial charge in [-0.25, -0.2) is 0 Å². The van der Waals surface area contributed by atoms with E-state index in [0.29, 0.717) is 11.5 Å². The molecule has 1 amide bonds. The Labute approximate surface area is 177 Å². The monoisotopic (exact) mass is 410 g/mol. The van der Waals surface area contributed by atoms with Crippen LogP contribution >= 0.6 is 11.6 Å². The predicted octanol–water partition coefficient (Wildman–Crippen LogP) is 4.41. The molecule has 1 aromatic heterocycles. The summed E-state index contributed by atoms with van der Waals surface area (Å²) >= 11 is 6.25. The molecule has 1 saturated carbocycles. The van der Waals surface area contributed by atoms with Crippen LogP contribution < -0.4 is 10.2 Å². The molecule has 1 aliphatic carbocycles. The normalized spacial score (nSPS) is 21.5. The van der Waals surface area contributed by atoms with Gasteiger partial charge in [-0.2, -0.15) is 0 Å². The van der Waals surface area contributed by atoms with Gasteiger partial charge in [0.05, 0.1) is 29.3 Å². The molecular formula is C23H27ClN4O. The number of carbonyl (C=O) groups is 1. The molecule has 6 heteroatoms. The minimum Gasteiger partial charge on any atom is -0.381 e. The van der Waals surface area contributed by atoms with Crippen LogP contribution in [0, 0.1) is 5.41 Å². The molecule has 1 aromatic carbocycles. The molecule has 2 aromatic rings. The van der Waals surface area contributed by atoms with Crippen molar-refractivity contribution in [3.8, 4) is 0 Å². The van der Waals surface area contributed by atoms with Gasteiger partial charge in [0.1, 0.15) is 0 Å². The van der Waals surface area contributed by atoms with Crippen molar-refractivity contribution >= 4 is 28.9 Å². The quantitative estimate of drug-likeness (QED) is 0.814. The number of aromatic nitrogens is 1. The number of fused-ring (bicyclic) bond motifs is 1. The average molecular weight is 411 g/mol. The molecule has 5 rings (SSSR count). The lowest BCUT2D eigenvalue weighted by Crippen LogP contribution is -2.65. The lowest BCUT2D eigenvalue weighted by atomic mass is 9.60. The van der Waals surface area contributed by atoms with Crippen LogP contribution in [0.1, 0.15) is 44.7 Å². The third kappa shape index (κ3) is 3.07. The molecule has 0 atom stereocenters. The lowest BCUT2D eigenvalue weighted by Gasteiger charge is -2.59. The maximum atomic E-state index is 11.4. The van der Waals surface area contributed by atoms with E-state index < -0.39 is 0 Å². The van der Waals surface area contributed by atoms with Gasteiger partial charge in [-0.05, 0) is 56.0 Å². The third-order valence-electron chi connectivity index (χ3n) is 7.00. The smallest absolute Gasteiger partial charge is 0.219 e. The Morgan fingerprint density at radius 1 is 1.21 bits per heavy atom. The largest absolute Gasteiger partial charge is 0.381 e. The Morgan fingerprint density at radius 2 is 1.97 bits per heavy atom. The van der Waals surface area contributed by atoms with Crippen LogP contribution in [0.2, 0.25) is 5.02 Å². The van der Waals surface area contributed by atoms with Gasteiger partial charge in [-0.1, -0.05) is 17.7 Å². The summed E-state index contributed by atoms with van der Waals surface area (Å²) in [6.45, 7) is 8.83. The summed E-state index contributed by atoms with van der Waals surface area (Å²) in [5, 5.41) is 4.44. The number of pyridine rings is 1. The number of carbonyl (C=O) groups excluding carboxylic acids is 1. The molecule has 0 unspecified atom stereocenters. The van der Waals surface area contributed by atoms with Crippen LogP contribution in [0.25, 0.3) is 0 Å². The molecule has 1 N–H and O–H groups in total. The van der Waals surface area contributed by atoms with Crippen LogP contribution in [-0.2, 0) is 16.9 Å². The van der Waals surface area contributed by atoms with E-state index in [1.54, 1.807) is 6.92 Å². The van der Waals surface area contributed by atoms with Gasteiger partial charge in [-0.15, -0.1) is 0 Å². The van der Waals surface area contributed by atoms with Gasteiger partial charge in [0.15, 0.2) is 0 Å². The zero-order valence-corrected chi connectivity index (χ0v) is 18.0. The Morgan fingerprint density at radius 3 is 2.69 bits per heavy atom. The van der Waals surface area contributed by atoms with Crippen molar-refractivity contribution in [3.05, 3.63) is 52.8 Å². The van der Waals surface area contributed by atoms with Crippen molar-refractivity contribution < 1.29 is 4.79 Å². The van der Waals surface area contributed by atoms with E-state index in [4.69, 9.17) is 11.6 Å². The number of benzene rings is 1. The highest BCUT2D eigenvalue weighted by molar-refractivity contribution is 6.30. The topological polar surface area (TPSA) is 48.5 Å². The van der Waals surface area contributed by atoms with Crippen LogP contribution in [0.5, 0.6) is 0 Å². The Kier molecular flexibility index (Phi) is 4.11. The fraction of sp³-hybridized carbons (Fsp3) is 0.478. The fourth-order valence-electron chi connectivity index (χ4n) is 5.41. The van der Waals surface area contributed by atoms with E-state index in [1.807, 2.05) is 23.4 Å². The zero-order chi connectivity index (χ0) is 20.4. The molecule has 3 heterocycles. The summed E-state index contributed by atoms with van der Waals surface area (Å²) in [5.41, 5.74) is 5.00. The first-order valence-electron chi connectivity index (χ1n) is 10.3. The first-order valence-corrected chi connectivity index (χ1v) is 10.7. The molecule has 2 fully saturated rings. The summed E-state index contributed by atoms with van der Waals surface area (Å²) < 4.78 is 0. The number of hydrogen-bond donors (Lipinski definition) is 1. The zero-order valence-electron chi connectivity index (χ0n) is 17.2. The molecule has 1 spiro atoms. The van der Waals surface area contributed by atoms with Gasteiger partial charge >= 0.3 is 0 Å². The summed E-state index contributed by atoms with van der Waals surface area (Å²) in [6.07, 6.45) is 6.10. The summed E-state index contributed by atoms with van der Waals surface area (Å²) in [7, 11) is 0. The van der Waals surface area contributed by atoms with Crippen molar-refractivity contribution in [2.75, 3.05) is 23.3 Å². The minimum atomic E-state index is -0.136. The number of likely N-dealkylation sites (tertiary alicyclic amines) is 1. The van der Waals surface area contributed by atoms with Gasteiger partial charge in [0.2, 0.25) is 5.91 Å². The highest BCUT2D eigenvalue weighted by Gasteiger charge is 2.53. The van der Waals surface area contributed by atoms with Crippen molar-refractivity contribution in [2.24, 2.45) is 5.41 Å². The highest BCUT2D eigenvalue weighted by atomic mass is 35.5. The summed E-state index contributed by atoms with van der Waals surface area (Å²) in [6, 6.07) is 8.85. The second-order valence-corrected chi connectivity index (χ2v) is 9.94. The number of amides is 1. The van der Waals surface area contributed by atoms with Crippen molar-refractivity contribution in [3.63, 3.8) is 0 Å². The van der Waals surface area contributed by atoms with Crippen LogP contribution in [0.4, 0.5) is 11.4 Å². The van der Waals surface area contributed by atoms with Gasteiger partial charge in [0, 0.05) is 43.0 Å². The molecule has 1 saturated heterocycles. The lowest BCUT2D eigenvalue weighted by molar-refractivity contribution is -0.147. The van der Waals surface area contributed by atoms with Crippen LogP contribution in [-0.4, -0.2) is 34.9 Å². The SMILES string of the molecule is CC(=O)N1CC2(CC(Nc3cncc(N4Cc5ccc(Cl)cc5C4(C)C)c3)C2)C1. The average Bonchev–Trinajstić information content (AvgIpc) is 2.86. The Bertz CT molecular complexity index is 975. The van der Waals surface area contributed by atoms with Crippen molar-refractivity contribution in [1.82, 2.24) is 9.88 Å². The predicted molar refractivity (Wildman–Crippen MR) is 116 cm³/mol. The van der Waals surface area contributed by atoms with E-state index in [2.05, 4.69) is 47.2 Å². The molecule has 29 heavy (non-hydrogen) atoms.